The second kappa shape index (κ2) is 12.2. The smallest absolute Gasteiger partial charge is 0.240 e. The largest absolute Gasteiger partial charge is 0.490 e. The Morgan fingerprint density at radius 2 is 1.72 bits per heavy atom. The molecule has 0 radical (unpaired) electrons. The van der Waals surface area contributed by atoms with Gasteiger partial charge in [-0.2, -0.15) is 5.10 Å². The highest BCUT2D eigenvalue weighted by molar-refractivity contribution is 5.93. The molecule has 2 aromatic rings. The summed E-state index contributed by atoms with van der Waals surface area (Å²) in [5.41, 5.74) is 3.89. The summed E-state index contributed by atoms with van der Waals surface area (Å²) in [6.45, 7) is 5.07. The first-order valence-electron chi connectivity index (χ1n) is 9.68. The molecule has 7 nitrogen and oxygen atoms in total. The van der Waals surface area contributed by atoms with Crippen molar-refractivity contribution in [2.24, 2.45) is 5.10 Å². The number of rotatable bonds is 11. The molecule has 2 amide bonds. The minimum Gasteiger partial charge on any atom is -0.490 e. The van der Waals surface area contributed by atoms with Crippen LogP contribution in [-0.2, 0) is 9.59 Å². The lowest BCUT2D eigenvalue weighted by Gasteiger charge is -2.11. The predicted molar refractivity (Wildman–Crippen MR) is 113 cm³/mol. The van der Waals surface area contributed by atoms with Gasteiger partial charge in [-0.3, -0.25) is 9.59 Å². The van der Waals surface area contributed by atoms with E-state index in [0.29, 0.717) is 30.4 Å². The number of amides is 2. The third-order valence-corrected chi connectivity index (χ3v) is 3.77. The number of hydrogen-bond donors (Lipinski definition) is 2. The molecule has 154 valence electrons. The summed E-state index contributed by atoms with van der Waals surface area (Å²) in [5.74, 6) is 0.755. The van der Waals surface area contributed by atoms with Gasteiger partial charge in [-0.05, 0) is 49.2 Å². The van der Waals surface area contributed by atoms with Gasteiger partial charge in [0.05, 0.1) is 19.4 Å². The fourth-order valence-electron chi connectivity index (χ4n) is 2.41. The topological polar surface area (TPSA) is 89.0 Å². The van der Waals surface area contributed by atoms with Crippen LogP contribution in [0.15, 0.2) is 53.6 Å². The Hall–Kier alpha value is -3.35. The van der Waals surface area contributed by atoms with Crippen LogP contribution in [0.4, 0.5) is 5.69 Å². The van der Waals surface area contributed by atoms with E-state index in [2.05, 4.69) is 15.8 Å². The first-order valence-corrected chi connectivity index (χ1v) is 9.68. The molecule has 0 fully saturated rings. The molecule has 2 aromatic carbocycles. The lowest BCUT2D eigenvalue weighted by atomic mass is 10.2. The minimum absolute atomic E-state index is 0.0456. The predicted octanol–water partition coefficient (Wildman–Crippen LogP) is 3.74. The van der Waals surface area contributed by atoms with E-state index >= 15 is 0 Å². The average molecular weight is 397 g/mol. The van der Waals surface area contributed by atoms with Gasteiger partial charge >= 0.3 is 0 Å². The van der Waals surface area contributed by atoms with Gasteiger partial charge in [0.15, 0.2) is 11.5 Å². The van der Waals surface area contributed by atoms with Crippen molar-refractivity contribution in [2.75, 3.05) is 18.5 Å². The number of para-hydroxylation sites is 1. The number of carbonyl (C=O) groups excluding carboxylic acids is 2. The van der Waals surface area contributed by atoms with Gasteiger partial charge in [-0.1, -0.05) is 25.1 Å². The number of ether oxygens (including phenoxy) is 2. The van der Waals surface area contributed by atoms with Gasteiger partial charge in [-0.15, -0.1) is 0 Å². The number of nitrogens with one attached hydrogen (secondary N) is 2. The Bertz CT molecular complexity index is 822. The number of carbonyl (C=O) groups is 2. The van der Waals surface area contributed by atoms with Gasteiger partial charge in [0.2, 0.25) is 11.8 Å². The summed E-state index contributed by atoms with van der Waals surface area (Å²) < 4.78 is 11.3. The van der Waals surface area contributed by atoms with E-state index in [4.69, 9.17) is 9.47 Å². The molecular formula is C22H27N3O4. The Balaban J connectivity index is 1.81. The zero-order chi connectivity index (χ0) is 20.9. The van der Waals surface area contributed by atoms with Crippen LogP contribution in [0.3, 0.4) is 0 Å². The molecular weight excluding hydrogens is 370 g/mol. The maximum Gasteiger partial charge on any atom is 0.240 e. The molecule has 0 bridgehead atoms. The fourth-order valence-corrected chi connectivity index (χ4v) is 2.41. The van der Waals surface area contributed by atoms with E-state index in [1.807, 2.05) is 44.2 Å². The summed E-state index contributed by atoms with van der Waals surface area (Å²) in [5, 5.41) is 6.68. The van der Waals surface area contributed by atoms with Crippen LogP contribution in [0.25, 0.3) is 0 Å². The number of anilines is 1. The summed E-state index contributed by atoms with van der Waals surface area (Å²) in [6.07, 6.45) is 2.55. The van der Waals surface area contributed by atoms with Crippen molar-refractivity contribution in [1.82, 2.24) is 5.43 Å². The van der Waals surface area contributed by atoms with Crippen LogP contribution in [0.1, 0.15) is 38.7 Å². The number of hydrazone groups is 1. The Labute approximate surface area is 171 Å². The zero-order valence-electron chi connectivity index (χ0n) is 16.8. The molecule has 0 aliphatic carbocycles. The first kappa shape index (κ1) is 21.9. The van der Waals surface area contributed by atoms with Crippen LogP contribution in [0.2, 0.25) is 0 Å². The Morgan fingerprint density at radius 1 is 0.966 bits per heavy atom. The highest BCUT2D eigenvalue weighted by atomic mass is 16.5. The second-order valence-electron chi connectivity index (χ2n) is 6.20. The van der Waals surface area contributed by atoms with Crippen molar-refractivity contribution in [3.63, 3.8) is 0 Å². The molecule has 0 unspecified atom stereocenters. The quantitative estimate of drug-likeness (QED) is 0.446. The molecule has 2 N–H and O–H groups in total. The van der Waals surface area contributed by atoms with Gasteiger partial charge in [0, 0.05) is 18.5 Å². The monoisotopic (exact) mass is 397 g/mol. The van der Waals surface area contributed by atoms with Crippen LogP contribution in [0.5, 0.6) is 11.5 Å². The highest BCUT2D eigenvalue weighted by Crippen LogP contribution is 2.28. The molecule has 0 aliphatic rings. The van der Waals surface area contributed by atoms with Crippen molar-refractivity contribution in [2.45, 2.75) is 33.1 Å². The van der Waals surface area contributed by atoms with Crippen LogP contribution < -0.4 is 20.2 Å². The standard InChI is InChI=1S/C22H27N3O4/c1-3-14-29-19-11-10-17(15-20(19)28-4-2)16-23-25-22(27)13-12-21(26)24-18-8-6-5-7-9-18/h5-11,15-16H,3-4,12-14H2,1-2H3,(H,24,26)(H,25,27). The number of hydrogen-bond acceptors (Lipinski definition) is 5. The first-order chi connectivity index (χ1) is 14.1. The number of nitrogens with zero attached hydrogens (tertiary/aromatic N) is 1. The van der Waals surface area contributed by atoms with E-state index in [1.165, 1.54) is 6.21 Å². The molecule has 0 saturated heterocycles. The summed E-state index contributed by atoms with van der Waals surface area (Å²) in [7, 11) is 0. The molecule has 29 heavy (non-hydrogen) atoms. The molecule has 0 saturated carbocycles. The van der Waals surface area contributed by atoms with Crippen molar-refractivity contribution >= 4 is 23.7 Å². The van der Waals surface area contributed by atoms with Crippen molar-refractivity contribution in [3.8, 4) is 11.5 Å². The van der Waals surface area contributed by atoms with Crippen molar-refractivity contribution in [1.29, 1.82) is 0 Å². The van der Waals surface area contributed by atoms with Crippen LogP contribution in [0, 0.1) is 0 Å². The van der Waals surface area contributed by atoms with Crippen molar-refractivity contribution in [3.05, 3.63) is 54.1 Å². The zero-order valence-corrected chi connectivity index (χ0v) is 16.8. The maximum atomic E-state index is 11.9. The third-order valence-electron chi connectivity index (χ3n) is 3.77. The summed E-state index contributed by atoms with van der Waals surface area (Å²) in [4.78, 5) is 23.7. The summed E-state index contributed by atoms with van der Waals surface area (Å²) >= 11 is 0. The molecule has 0 spiro atoms. The van der Waals surface area contributed by atoms with Crippen LogP contribution >= 0.6 is 0 Å². The minimum atomic E-state index is -0.336. The van der Waals surface area contributed by atoms with Gasteiger partial charge in [0.1, 0.15) is 0 Å². The normalized spacial score (nSPS) is 10.6. The molecule has 0 heterocycles. The SMILES string of the molecule is CCCOc1ccc(C=NNC(=O)CCC(=O)Nc2ccccc2)cc1OCC. The van der Waals surface area contributed by atoms with Crippen LogP contribution in [-0.4, -0.2) is 31.2 Å². The highest BCUT2D eigenvalue weighted by Gasteiger charge is 2.07. The van der Waals surface area contributed by atoms with E-state index in [-0.39, 0.29) is 24.7 Å². The van der Waals surface area contributed by atoms with Gasteiger partial charge in [0.25, 0.3) is 0 Å². The van der Waals surface area contributed by atoms with E-state index in [0.717, 1.165) is 12.0 Å². The van der Waals surface area contributed by atoms with Gasteiger partial charge in [-0.25, -0.2) is 5.43 Å². The Kier molecular flexibility index (Phi) is 9.21. The lowest BCUT2D eigenvalue weighted by Crippen LogP contribution is -2.20. The molecule has 7 heteroatoms. The van der Waals surface area contributed by atoms with E-state index in [1.54, 1.807) is 18.2 Å². The van der Waals surface area contributed by atoms with E-state index < -0.39 is 0 Å². The van der Waals surface area contributed by atoms with E-state index in [9.17, 15) is 9.59 Å². The number of benzene rings is 2. The molecule has 2 rings (SSSR count). The van der Waals surface area contributed by atoms with Crippen molar-refractivity contribution < 1.29 is 19.1 Å². The fraction of sp³-hybridized carbons (Fsp3) is 0.318. The summed E-state index contributed by atoms with van der Waals surface area (Å²) in [6, 6.07) is 14.6. The third kappa shape index (κ3) is 8.04. The maximum absolute atomic E-state index is 11.9. The van der Waals surface area contributed by atoms with Gasteiger partial charge < -0.3 is 14.8 Å². The Morgan fingerprint density at radius 3 is 2.45 bits per heavy atom. The second-order valence-corrected chi connectivity index (χ2v) is 6.20. The lowest BCUT2D eigenvalue weighted by molar-refractivity contribution is -0.124. The molecule has 0 aliphatic heterocycles. The molecule has 0 aromatic heterocycles. The molecule has 0 atom stereocenters. The average Bonchev–Trinajstić information content (AvgIpc) is 2.73.